The van der Waals surface area contributed by atoms with Gasteiger partial charge in [-0.05, 0) is 78.9 Å². The SMILES string of the molecule is COc1cc(C)cc2c1C1(C)CC[C@H]3C(C)(C)CCCC3(C)[C@@H]1C2. The van der Waals surface area contributed by atoms with Gasteiger partial charge in [0.05, 0.1) is 7.11 Å². The van der Waals surface area contributed by atoms with Crippen LogP contribution in [-0.2, 0) is 11.8 Å². The van der Waals surface area contributed by atoms with Gasteiger partial charge < -0.3 is 4.74 Å². The third-order valence-corrected chi connectivity index (χ3v) is 8.34. The number of ether oxygens (including phenoxy) is 1. The number of rotatable bonds is 1. The first-order valence-electron chi connectivity index (χ1n) is 9.90. The van der Waals surface area contributed by atoms with Crippen molar-refractivity contribution in [1.82, 2.24) is 0 Å². The first-order chi connectivity index (χ1) is 11.2. The molecule has 1 aromatic rings. The Morgan fingerprint density at radius 3 is 2.46 bits per heavy atom. The molecule has 0 bridgehead atoms. The van der Waals surface area contributed by atoms with Gasteiger partial charge in [0.2, 0.25) is 0 Å². The second-order valence-electron chi connectivity index (χ2n) is 10.1. The Bertz CT molecular complexity index is 673. The molecule has 0 aromatic heterocycles. The predicted octanol–water partition coefficient (Wildman–Crippen LogP) is 6.06. The molecule has 0 spiro atoms. The Morgan fingerprint density at radius 2 is 1.75 bits per heavy atom. The third kappa shape index (κ3) is 1.99. The van der Waals surface area contributed by atoms with Crippen LogP contribution < -0.4 is 4.74 Å². The molecule has 0 saturated heterocycles. The average molecular weight is 327 g/mol. The molecule has 4 atom stereocenters. The topological polar surface area (TPSA) is 9.23 Å². The van der Waals surface area contributed by atoms with E-state index in [2.05, 4.69) is 46.8 Å². The van der Waals surface area contributed by atoms with Crippen LogP contribution in [0.3, 0.4) is 0 Å². The lowest BCUT2D eigenvalue weighted by molar-refractivity contribution is -0.0984. The van der Waals surface area contributed by atoms with Gasteiger partial charge in [-0.2, -0.15) is 0 Å². The van der Waals surface area contributed by atoms with Gasteiger partial charge in [0.25, 0.3) is 0 Å². The summed E-state index contributed by atoms with van der Waals surface area (Å²) >= 11 is 0. The molecule has 3 aliphatic carbocycles. The van der Waals surface area contributed by atoms with Crippen molar-refractivity contribution in [3.8, 4) is 5.75 Å². The molecule has 2 fully saturated rings. The molecule has 4 rings (SSSR count). The van der Waals surface area contributed by atoms with E-state index in [1.165, 1.54) is 44.1 Å². The quantitative estimate of drug-likeness (QED) is 0.609. The van der Waals surface area contributed by atoms with Crippen molar-refractivity contribution < 1.29 is 4.74 Å². The molecule has 1 heteroatoms. The maximum Gasteiger partial charge on any atom is 0.123 e. The van der Waals surface area contributed by atoms with Crippen LogP contribution in [0.15, 0.2) is 12.1 Å². The van der Waals surface area contributed by atoms with Crippen molar-refractivity contribution >= 4 is 0 Å². The van der Waals surface area contributed by atoms with E-state index >= 15 is 0 Å². The molecule has 0 aliphatic heterocycles. The Morgan fingerprint density at radius 1 is 1.00 bits per heavy atom. The standard InChI is InChI=1S/C23H34O/c1-15-12-16-14-19-22(4)10-7-9-21(2,3)18(22)8-11-23(19,5)20(16)17(13-15)24-6/h12-13,18-19H,7-11,14H2,1-6H3/t18-,19-,22?,23?/m0/s1. The van der Waals surface area contributed by atoms with Crippen molar-refractivity contribution in [3.05, 3.63) is 28.8 Å². The number of aryl methyl sites for hydroxylation is 1. The van der Waals surface area contributed by atoms with Gasteiger partial charge in [0, 0.05) is 11.0 Å². The summed E-state index contributed by atoms with van der Waals surface area (Å²) < 4.78 is 5.86. The van der Waals surface area contributed by atoms with E-state index in [0.29, 0.717) is 16.2 Å². The number of benzene rings is 1. The van der Waals surface area contributed by atoms with Crippen molar-refractivity contribution in [2.45, 2.75) is 78.6 Å². The van der Waals surface area contributed by atoms with Gasteiger partial charge >= 0.3 is 0 Å². The highest BCUT2D eigenvalue weighted by atomic mass is 16.5. The normalized spacial score (nSPS) is 39.8. The fourth-order valence-electron chi connectivity index (χ4n) is 7.42. The van der Waals surface area contributed by atoms with Gasteiger partial charge in [-0.3, -0.25) is 0 Å². The highest BCUT2D eigenvalue weighted by Crippen LogP contribution is 2.68. The summed E-state index contributed by atoms with van der Waals surface area (Å²) in [5.74, 6) is 2.79. The summed E-state index contributed by atoms with van der Waals surface area (Å²) in [6.45, 7) is 12.5. The molecule has 1 nitrogen and oxygen atoms in total. The van der Waals surface area contributed by atoms with Crippen LogP contribution in [0.1, 0.15) is 76.5 Å². The molecule has 0 N–H and O–H groups in total. The zero-order valence-corrected chi connectivity index (χ0v) is 16.5. The molecule has 2 unspecified atom stereocenters. The molecule has 2 saturated carbocycles. The maximum atomic E-state index is 5.86. The van der Waals surface area contributed by atoms with E-state index < -0.39 is 0 Å². The average Bonchev–Trinajstić information content (AvgIpc) is 2.79. The summed E-state index contributed by atoms with van der Waals surface area (Å²) in [6.07, 6.45) is 8.19. The summed E-state index contributed by atoms with van der Waals surface area (Å²) in [4.78, 5) is 0. The van der Waals surface area contributed by atoms with Crippen LogP contribution in [0, 0.1) is 29.6 Å². The molecular formula is C23H34O. The van der Waals surface area contributed by atoms with Crippen LogP contribution in [-0.4, -0.2) is 7.11 Å². The zero-order chi connectivity index (χ0) is 17.3. The predicted molar refractivity (Wildman–Crippen MR) is 101 cm³/mol. The molecule has 1 aromatic carbocycles. The minimum atomic E-state index is 0.299. The number of hydrogen-bond donors (Lipinski definition) is 0. The second kappa shape index (κ2) is 5.02. The van der Waals surface area contributed by atoms with Crippen molar-refractivity contribution in [3.63, 3.8) is 0 Å². The molecule has 0 amide bonds. The van der Waals surface area contributed by atoms with Crippen molar-refractivity contribution in [1.29, 1.82) is 0 Å². The Kier molecular flexibility index (Phi) is 3.45. The lowest BCUT2D eigenvalue weighted by Gasteiger charge is -2.61. The molecule has 24 heavy (non-hydrogen) atoms. The molecule has 0 radical (unpaired) electrons. The van der Waals surface area contributed by atoms with Gasteiger partial charge in [-0.25, -0.2) is 0 Å². The first-order valence-corrected chi connectivity index (χ1v) is 9.90. The first kappa shape index (κ1) is 16.5. The van der Waals surface area contributed by atoms with Crippen LogP contribution in [0.25, 0.3) is 0 Å². The highest BCUT2D eigenvalue weighted by Gasteiger charge is 2.61. The number of methoxy groups -OCH3 is 1. The Balaban J connectivity index is 1.84. The third-order valence-electron chi connectivity index (χ3n) is 8.34. The van der Waals surface area contributed by atoms with E-state index in [1.54, 1.807) is 11.1 Å². The molecule has 0 heterocycles. The van der Waals surface area contributed by atoms with Gasteiger partial charge in [0.15, 0.2) is 0 Å². The molecule has 132 valence electrons. The highest BCUT2D eigenvalue weighted by molar-refractivity contribution is 5.53. The van der Waals surface area contributed by atoms with E-state index in [0.717, 1.165) is 17.6 Å². The van der Waals surface area contributed by atoms with Crippen molar-refractivity contribution in [2.24, 2.45) is 22.7 Å². The number of hydrogen-bond acceptors (Lipinski definition) is 1. The van der Waals surface area contributed by atoms with Crippen LogP contribution in [0.2, 0.25) is 0 Å². The minimum absolute atomic E-state index is 0.299. The Labute approximate surface area is 148 Å². The summed E-state index contributed by atoms with van der Waals surface area (Å²) in [7, 11) is 1.85. The number of fused-ring (bicyclic) bond motifs is 5. The summed E-state index contributed by atoms with van der Waals surface area (Å²) in [5.41, 5.74) is 5.75. The fourth-order valence-corrected chi connectivity index (χ4v) is 7.42. The van der Waals surface area contributed by atoms with Crippen molar-refractivity contribution in [2.75, 3.05) is 7.11 Å². The smallest absolute Gasteiger partial charge is 0.123 e. The van der Waals surface area contributed by atoms with E-state index in [1.807, 2.05) is 7.11 Å². The monoisotopic (exact) mass is 326 g/mol. The Hall–Kier alpha value is -0.980. The lowest BCUT2D eigenvalue weighted by atomic mass is 9.43. The van der Waals surface area contributed by atoms with Crippen LogP contribution >= 0.6 is 0 Å². The minimum Gasteiger partial charge on any atom is -0.496 e. The summed E-state index contributed by atoms with van der Waals surface area (Å²) in [6, 6.07) is 4.69. The van der Waals surface area contributed by atoms with Gasteiger partial charge in [-0.15, -0.1) is 0 Å². The maximum absolute atomic E-state index is 5.86. The van der Waals surface area contributed by atoms with Gasteiger partial charge in [0.1, 0.15) is 5.75 Å². The molecule has 3 aliphatic rings. The largest absolute Gasteiger partial charge is 0.496 e. The van der Waals surface area contributed by atoms with Gasteiger partial charge in [-0.1, -0.05) is 40.2 Å². The van der Waals surface area contributed by atoms with E-state index in [4.69, 9.17) is 4.74 Å². The fraction of sp³-hybridized carbons (Fsp3) is 0.739. The van der Waals surface area contributed by atoms with E-state index in [-0.39, 0.29) is 0 Å². The second-order valence-corrected chi connectivity index (χ2v) is 10.1. The summed E-state index contributed by atoms with van der Waals surface area (Å²) in [5, 5.41) is 0. The lowest BCUT2D eigenvalue weighted by Crippen LogP contribution is -2.55. The van der Waals surface area contributed by atoms with Crippen LogP contribution in [0.5, 0.6) is 5.75 Å². The molecular weight excluding hydrogens is 292 g/mol. The zero-order valence-electron chi connectivity index (χ0n) is 16.5. The van der Waals surface area contributed by atoms with Crippen LogP contribution in [0.4, 0.5) is 0 Å². The van der Waals surface area contributed by atoms with E-state index in [9.17, 15) is 0 Å².